The van der Waals surface area contributed by atoms with Crippen molar-refractivity contribution in [2.24, 2.45) is 0 Å². The summed E-state index contributed by atoms with van der Waals surface area (Å²) in [5.74, 6) is 0. The van der Waals surface area contributed by atoms with E-state index in [1.807, 2.05) is 0 Å². The minimum atomic E-state index is -4.35. The quantitative estimate of drug-likeness (QED) is 0.738. The third-order valence-corrected chi connectivity index (χ3v) is 2.74. The smallest absolute Gasteiger partial charge is 0.166 e. The van der Waals surface area contributed by atoms with Crippen molar-refractivity contribution in [1.29, 1.82) is 0 Å². The molecule has 0 unspecified atom stereocenters. The summed E-state index contributed by atoms with van der Waals surface area (Å²) in [6.07, 6.45) is -3.91. The van der Waals surface area contributed by atoms with E-state index in [9.17, 15) is 13.2 Å². The maximum atomic E-state index is 12.5. The van der Waals surface area contributed by atoms with Gasteiger partial charge in [-0.1, -0.05) is 35.9 Å². The molecule has 0 atom stereocenters. The van der Waals surface area contributed by atoms with E-state index in [0.717, 1.165) is 11.6 Å². The normalized spacial score (nSPS) is 11.6. The highest BCUT2D eigenvalue weighted by atomic mass is 35.5. The topological polar surface area (TPSA) is 0 Å². The van der Waals surface area contributed by atoms with Crippen molar-refractivity contribution in [3.63, 3.8) is 0 Å². The van der Waals surface area contributed by atoms with Crippen LogP contribution < -0.4 is 0 Å². The van der Waals surface area contributed by atoms with Crippen LogP contribution in [0.25, 0.3) is 0 Å². The fourth-order valence-corrected chi connectivity index (χ4v) is 1.75. The van der Waals surface area contributed by atoms with E-state index in [-0.39, 0.29) is 0 Å². The summed E-state index contributed by atoms with van der Waals surface area (Å²) in [6, 6.07) is 13.3. The lowest BCUT2D eigenvalue weighted by Gasteiger charge is -2.08. The van der Waals surface area contributed by atoms with Crippen molar-refractivity contribution in [3.05, 3.63) is 70.2 Å². The molecule has 0 aliphatic heterocycles. The average Bonchev–Trinajstić information content (AvgIpc) is 2.31. The Bertz CT molecular complexity index is 529. The molecule has 0 fully saturated rings. The van der Waals surface area contributed by atoms with Crippen LogP contribution in [0.4, 0.5) is 13.2 Å². The van der Waals surface area contributed by atoms with Gasteiger partial charge in [-0.05, 0) is 41.8 Å². The Labute approximate surface area is 108 Å². The molecule has 0 N–H and O–H groups in total. The van der Waals surface area contributed by atoms with Gasteiger partial charge in [-0.3, -0.25) is 0 Å². The van der Waals surface area contributed by atoms with Gasteiger partial charge in [0.15, 0.2) is 0 Å². The Morgan fingerprint density at radius 1 is 1.00 bits per heavy atom. The molecule has 0 spiro atoms. The highest BCUT2D eigenvalue weighted by molar-refractivity contribution is 6.30. The van der Waals surface area contributed by atoms with Gasteiger partial charge >= 0.3 is 6.18 Å². The van der Waals surface area contributed by atoms with Gasteiger partial charge in [-0.15, -0.1) is 0 Å². The molecule has 18 heavy (non-hydrogen) atoms. The summed E-state index contributed by atoms with van der Waals surface area (Å²) < 4.78 is 37.5. The van der Waals surface area contributed by atoms with Crippen LogP contribution in [0.5, 0.6) is 0 Å². The largest absolute Gasteiger partial charge is 0.417 e. The van der Waals surface area contributed by atoms with E-state index in [1.54, 1.807) is 30.3 Å². The number of hydrogen-bond donors (Lipinski definition) is 0. The first-order valence-corrected chi connectivity index (χ1v) is 5.65. The van der Waals surface area contributed by atoms with E-state index in [1.165, 1.54) is 6.07 Å². The Morgan fingerprint density at radius 2 is 1.67 bits per heavy atom. The number of alkyl halides is 3. The zero-order valence-electron chi connectivity index (χ0n) is 9.26. The molecule has 4 heteroatoms. The van der Waals surface area contributed by atoms with Gasteiger partial charge in [0.05, 0.1) is 5.56 Å². The van der Waals surface area contributed by atoms with E-state index in [4.69, 9.17) is 11.6 Å². The van der Waals surface area contributed by atoms with Crippen molar-refractivity contribution in [2.75, 3.05) is 0 Å². The molecular weight excluding hydrogens is 261 g/mol. The van der Waals surface area contributed by atoms with Gasteiger partial charge in [-0.2, -0.15) is 13.2 Å². The molecular formula is C14H9ClF3. The Morgan fingerprint density at radius 3 is 2.28 bits per heavy atom. The Balaban J connectivity index is 2.22. The predicted molar refractivity (Wildman–Crippen MR) is 64.5 cm³/mol. The second-order valence-corrected chi connectivity index (χ2v) is 4.35. The highest BCUT2D eigenvalue weighted by Crippen LogP contribution is 2.29. The van der Waals surface area contributed by atoms with Crippen LogP contribution in [0.2, 0.25) is 5.02 Å². The van der Waals surface area contributed by atoms with Crippen LogP contribution in [-0.2, 0) is 12.6 Å². The minimum Gasteiger partial charge on any atom is -0.166 e. The Kier molecular flexibility index (Phi) is 3.62. The van der Waals surface area contributed by atoms with Crippen LogP contribution in [0.1, 0.15) is 16.7 Å². The van der Waals surface area contributed by atoms with Gasteiger partial charge in [-0.25, -0.2) is 0 Å². The summed E-state index contributed by atoms with van der Waals surface area (Å²) in [7, 11) is 0. The van der Waals surface area contributed by atoms with Gasteiger partial charge < -0.3 is 0 Å². The first-order chi connectivity index (χ1) is 8.45. The number of rotatable bonds is 2. The molecule has 0 amide bonds. The summed E-state index contributed by atoms with van der Waals surface area (Å²) in [5.41, 5.74) is 0.774. The van der Waals surface area contributed by atoms with Gasteiger partial charge in [0.1, 0.15) is 0 Å². The third kappa shape index (κ3) is 3.26. The number of hydrogen-bond acceptors (Lipinski definition) is 0. The zero-order chi connectivity index (χ0) is 13.2. The lowest BCUT2D eigenvalue weighted by atomic mass is 10.0. The lowest BCUT2D eigenvalue weighted by Crippen LogP contribution is -2.05. The number of halogens is 4. The van der Waals surface area contributed by atoms with Crippen LogP contribution in [0.15, 0.2) is 42.5 Å². The number of benzene rings is 2. The van der Waals surface area contributed by atoms with Crippen LogP contribution >= 0.6 is 11.6 Å². The summed E-state index contributed by atoms with van der Waals surface area (Å²) >= 11 is 5.75. The predicted octanol–water partition coefficient (Wildman–Crippen LogP) is 4.75. The first-order valence-electron chi connectivity index (χ1n) is 5.27. The van der Waals surface area contributed by atoms with Gasteiger partial charge in [0.2, 0.25) is 0 Å². The molecule has 0 heterocycles. The maximum Gasteiger partial charge on any atom is 0.417 e. The van der Waals surface area contributed by atoms with Crippen molar-refractivity contribution in [2.45, 2.75) is 12.6 Å². The molecule has 2 aromatic carbocycles. The maximum absolute atomic E-state index is 12.5. The zero-order valence-corrected chi connectivity index (χ0v) is 10.0. The van der Waals surface area contributed by atoms with E-state index < -0.39 is 11.7 Å². The molecule has 0 saturated carbocycles. The monoisotopic (exact) mass is 269 g/mol. The second kappa shape index (κ2) is 5.02. The van der Waals surface area contributed by atoms with Gasteiger partial charge in [0, 0.05) is 5.02 Å². The lowest BCUT2D eigenvalue weighted by molar-refractivity contribution is -0.137. The molecule has 2 aromatic rings. The third-order valence-electron chi connectivity index (χ3n) is 2.49. The SMILES string of the molecule is FC(F)(F)c1[c]ccc(Cc2ccc(Cl)cc2)c1. The van der Waals surface area contributed by atoms with E-state index in [0.29, 0.717) is 17.0 Å². The summed E-state index contributed by atoms with van der Waals surface area (Å²) in [4.78, 5) is 0. The fourth-order valence-electron chi connectivity index (χ4n) is 1.63. The van der Waals surface area contributed by atoms with Gasteiger partial charge in [0.25, 0.3) is 0 Å². The van der Waals surface area contributed by atoms with Crippen molar-refractivity contribution in [3.8, 4) is 0 Å². The molecule has 0 nitrogen and oxygen atoms in total. The second-order valence-electron chi connectivity index (χ2n) is 3.91. The molecule has 1 radical (unpaired) electrons. The van der Waals surface area contributed by atoms with Crippen molar-refractivity contribution in [1.82, 2.24) is 0 Å². The molecule has 0 aliphatic rings. The molecule has 2 rings (SSSR count). The van der Waals surface area contributed by atoms with Crippen LogP contribution in [-0.4, -0.2) is 0 Å². The minimum absolute atomic E-state index is 0.439. The Hall–Kier alpha value is -1.48. The molecule has 0 aromatic heterocycles. The van der Waals surface area contributed by atoms with Crippen molar-refractivity contribution < 1.29 is 13.2 Å². The van der Waals surface area contributed by atoms with Crippen LogP contribution in [0, 0.1) is 6.07 Å². The molecule has 93 valence electrons. The van der Waals surface area contributed by atoms with Crippen LogP contribution in [0.3, 0.4) is 0 Å². The van der Waals surface area contributed by atoms with Crippen molar-refractivity contribution >= 4 is 11.6 Å². The van der Waals surface area contributed by atoms with E-state index >= 15 is 0 Å². The summed E-state index contributed by atoms with van der Waals surface area (Å²) in [5, 5.41) is 0.608. The molecule has 0 saturated heterocycles. The highest BCUT2D eigenvalue weighted by Gasteiger charge is 2.30. The first kappa shape index (κ1) is 13.0. The average molecular weight is 270 g/mol. The fraction of sp³-hybridized carbons (Fsp3) is 0.143. The molecule has 0 bridgehead atoms. The standard InChI is InChI=1S/C14H9ClF3/c15-13-6-4-10(5-7-13)8-11-2-1-3-12(9-11)14(16,17)18/h1-2,4-7,9H,8H2. The summed E-state index contributed by atoms with van der Waals surface area (Å²) in [6.45, 7) is 0. The van der Waals surface area contributed by atoms with E-state index in [2.05, 4.69) is 6.07 Å². The molecule has 0 aliphatic carbocycles.